The molecule has 0 N–H and O–H groups in total. The first-order valence-electron chi connectivity index (χ1n) is 5.94. The first kappa shape index (κ1) is 10.3. The molecule has 1 atom stereocenters. The number of benzene rings is 2. The van der Waals surface area contributed by atoms with E-state index in [0.717, 1.165) is 22.4 Å². The van der Waals surface area contributed by atoms with E-state index < -0.39 is 0 Å². The van der Waals surface area contributed by atoms with E-state index in [-0.39, 0.29) is 5.92 Å². The molecule has 0 saturated heterocycles. The van der Waals surface area contributed by atoms with Gasteiger partial charge in [-0.3, -0.25) is 0 Å². The first-order chi connectivity index (χ1) is 9.43. The minimum absolute atomic E-state index is 0.000509. The smallest absolute Gasteiger partial charge is 0.187 e. The van der Waals surface area contributed by atoms with Gasteiger partial charge >= 0.3 is 0 Å². The molecule has 92 valence electrons. The molecule has 0 radical (unpaired) electrons. The van der Waals surface area contributed by atoms with Crippen LogP contribution in [0.4, 0.5) is 0 Å². The van der Waals surface area contributed by atoms with Crippen molar-refractivity contribution in [2.45, 2.75) is 5.92 Å². The molecule has 3 aromatic rings. The lowest BCUT2D eigenvalue weighted by Gasteiger charge is -2.19. The number of fused-ring (bicyclic) bond motifs is 2. The van der Waals surface area contributed by atoms with Crippen molar-refractivity contribution in [1.29, 1.82) is 0 Å². The molecule has 0 amide bonds. The average Bonchev–Trinajstić information content (AvgIpc) is 2.95. The van der Waals surface area contributed by atoms with Crippen molar-refractivity contribution in [2.75, 3.05) is 0 Å². The van der Waals surface area contributed by atoms with Gasteiger partial charge in [0.05, 0.1) is 12.1 Å². The van der Waals surface area contributed by atoms with Gasteiger partial charge in [0.15, 0.2) is 11.3 Å². The van der Waals surface area contributed by atoms with E-state index in [9.17, 15) is 0 Å². The molecular formula is C14H9N3O2. The van der Waals surface area contributed by atoms with Gasteiger partial charge in [0.25, 0.3) is 0 Å². The number of nitrogens with zero attached hydrogens (tertiary/aromatic N) is 3. The topological polar surface area (TPSA) is 60.5 Å². The highest BCUT2D eigenvalue weighted by atomic mass is 16.6. The van der Waals surface area contributed by atoms with E-state index >= 15 is 0 Å². The van der Waals surface area contributed by atoms with Crippen LogP contribution < -0.4 is 4.84 Å². The Hall–Kier alpha value is -2.69. The average molecular weight is 251 g/mol. The standard InChI is InChI=1S/C14H9N3O2/c1-2-6-12-9(4-1)11(8-15-18-12)10-5-3-7-13-14(10)16-17-19-13/h1-8,11H. The number of hydrogen-bond donors (Lipinski definition) is 0. The van der Waals surface area contributed by atoms with Gasteiger partial charge in [-0.05, 0) is 17.7 Å². The molecule has 2 heterocycles. The summed E-state index contributed by atoms with van der Waals surface area (Å²) in [7, 11) is 0. The van der Waals surface area contributed by atoms with Crippen LogP contribution in [0, 0.1) is 0 Å². The summed E-state index contributed by atoms with van der Waals surface area (Å²) in [6.45, 7) is 0. The summed E-state index contributed by atoms with van der Waals surface area (Å²) in [5.41, 5.74) is 3.51. The Morgan fingerprint density at radius 3 is 2.84 bits per heavy atom. The van der Waals surface area contributed by atoms with Gasteiger partial charge in [0.1, 0.15) is 5.52 Å². The summed E-state index contributed by atoms with van der Waals surface area (Å²) in [6, 6.07) is 13.6. The highest BCUT2D eigenvalue weighted by molar-refractivity contribution is 5.85. The van der Waals surface area contributed by atoms with Crippen molar-refractivity contribution < 1.29 is 9.36 Å². The second kappa shape index (κ2) is 3.91. The number of hydrogen-bond acceptors (Lipinski definition) is 5. The van der Waals surface area contributed by atoms with Crippen molar-refractivity contribution in [3.8, 4) is 5.75 Å². The van der Waals surface area contributed by atoms with Crippen molar-refractivity contribution >= 4 is 17.3 Å². The molecule has 4 rings (SSSR count). The van der Waals surface area contributed by atoms with Crippen LogP contribution in [0.1, 0.15) is 17.0 Å². The molecule has 5 nitrogen and oxygen atoms in total. The highest BCUT2D eigenvalue weighted by Crippen LogP contribution is 2.35. The van der Waals surface area contributed by atoms with Crippen LogP contribution >= 0.6 is 0 Å². The van der Waals surface area contributed by atoms with Gasteiger partial charge in [-0.15, -0.1) is 5.10 Å². The molecule has 2 aromatic carbocycles. The highest BCUT2D eigenvalue weighted by Gasteiger charge is 2.23. The van der Waals surface area contributed by atoms with Crippen LogP contribution in [0.25, 0.3) is 11.1 Å². The fraction of sp³-hybridized carbons (Fsp3) is 0.0714. The summed E-state index contributed by atoms with van der Waals surface area (Å²) in [4.78, 5) is 5.28. The summed E-state index contributed by atoms with van der Waals surface area (Å²) in [5.74, 6) is 0.768. The lowest BCUT2D eigenvalue weighted by Crippen LogP contribution is -2.10. The molecule has 1 aliphatic heterocycles. The normalized spacial score (nSPS) is 17.2. The van der Waals surface area contributed by atoms with Gasteiger partial charge in [-0.1, -0.05) is 35.5 Å². The number of para-hydroxylation sites is 1. The van der Waals surface area contributed by atoms with Crippen LogP contribution in [0.15, 0.2) is 52.1 Å². The van der Waals surface area contributed by atoms with E-state index in [0.29, 0.717) is 5.58 Å². The van der Waals surface area contributed by atoms with E-state index in [2.05, 4.69) is 15.5 Å². The Morgan fingerprint density at radius 1 is 0.947 bits per heavy atom. The number of rotatable bonds is 1. The predicted octanol–water partition coefficient (Wildman–Crippen LogP) is 2.73. The van der Waals surface area contributed by atoms with Gasteiger partial charge in [0.2, 0.25) is 0 Å². The van der Waals surface area contributed by atoms with Crippen LogP contribution in [0.5, 0.6) is 5.75 Å². The Kier molecular flexibility index (Phi) is 2.11. The first-order valence-corrected chi connectivity index (χ1v) is 5.94. The Bertz CT molecular complexity index is 779. The zero-order chi connectivity index (χ0) is 12.7. The molecule has 0 saturated carbocycles. The Labute approximate surface area is 108 Å². The molecule has 0 bridgehead atoms. The van der Waals surface area contributed by atoms with E-state index in [4.69, 9.17) is 9.36 Å². The summed E-state index contributed by atoms with van der Waals surface area (Å²) in [5, 5.41) is 11.6. The molecule has 5 heteroatoms. The third kappa shape index (κ3) is 1.52. The third-order valence-electron chi connectivity index (χ3n) is 3.26. The van der Waals surface area contributed by atoms with E-state index in [1.807, 2.05) is 42.5 Å². The molecule has 0 spiro atoms. The van der Waals surface area contributed by atoms with Crippen LogP contribution in [0.2, 0.25) is 0 Å². The van der Waals surface area contributed by atoms with E-state index in [1.54, 1.807) is 6.21 Å². The summed E-state index contributed by atoms with van der Waals surface area (Å²) < 4.78 is 5.10. The quantitative estimate of drug-likeness (QED) is 0.667. The van der Waals surface area contributed by atoms with Crippen molar-refractivity contribution in [3.05, 3.63) is 53.6 Å². The zero-order valence-electron chi connectivity index (χ0n) is 9.85. The SMILES string of the molecule is C1=NOc2ccccc2C1c1cccc2onnc12. The second-order valence-corrected chi connectivity index (χ2v) is 4.33. The molecular weight excluding hydrogens is 242 g/mol. The van der Waals surface area contributed by atoms with Gasteiger partial charge in [0, 0.05) is 10.8 Å². The van der Waals surface area contributed by atoms with Gasteiger partial charge < -0.3 is 9.36 Å². The molecule has 1 unspecified atom stereocenters. The minimum Gasteiger partial charge on any atom is -0.357 e. The van der Waals surface area contributed by atoms with Gasteiger partial charge in [-0.25, -0.2) is 0 Å². The van der Waals surface area contributed by atoms with Crippen molar-refractivity contribution in [1.82, 2.24) is 10.4 Å². The Morgan fingerprint density at radius 2 is 1.84 bits per heavy atom. The van der Waals surface area contributed by atoms with Crippen LogP contribution in [-0.2, 0) is 0 Å². The predicted molar refractivity (Wildman–Crippen MR) is 69.2 cm³/mol. The number of oxime groups is 1. The van der Waals surface area contributed by atoms with Crippen LogP contribution in [-0.4, -0.2) is 16.6 Å². The van der Waals surface area contributed by atoms with Gasteiger partial charge in [-0.2, -0.15) is 0 Å². The maximum absolute atomic E-state index is 5.28. The van der Waals surface area contributed by atoms with Crippen molar-refractivity contribution in [2.24, 2.45) is 5.16 Å². The maximum atomic E-state index is 5.28. The third-order valence-corrected chi connectivity index (χ3v) is 3.26. The maximum Gasteiger partial charge on any atom is 0.187 e. The second-order valence-electron chi connectivity index (χ2n) is 4.33. The van der Waals surface area contributed by atoms with E-state index in [1.165, 1.54) is 0 Å². The molecule has 1 aromatic heterocycles. The molecule has 19 heavy (non-hydrogen) atoms. The van der Waals surface area contributed by atoms with Crippen LogP contribution in [0.3, 0.4) is 0 Å². The largest absolute Gasteiger partial charge is 0.357 e. The summed E-state index contributed by atoms with van der Waals surface area (Å²) in [6.07, 6.45) is 1.77. The summed E-state index contributed by atoms with van der Waals surface area (Å²) >= 11 is 0. The Balaban J connectivity index is 1.95. The molecule has 0 fully saturated rings. The van der Waals surface area contributed by atoms with Crippen molar-refractivity contribution in [3.63, 3.8) is 0 Å². The number of aromatic nitrogens is 2. The zero-order valence-corrected chi connectivity index (χ0v) is 9.85. The monoisotopic (exact) mass is 251 g/mol. The minimum atomic E-state index is 0.000509. The lowest BCUT2D eigenvalue weighted by molar-refractivity contribution is 0.331. The molecule has 1 aliphatic rings. The molecule has 0 aliphatic carbocycles. The lowest BCUT2D eigenvalue weighted by atomic mass is 9.90. The fourth-order valence-corrected chi connectivity index (χ4v) is 2.37. The fourth-order valence-electron chi connectivity index (χ4n) is 2.37.